The van der Waals surface area contributed by atoms with Gasteiger partial charge in [-0.1, -0.05) is 0 Å². The number of nitrogens with zero attached hydrogens (tertiary/aromatic N) is 2. The Morgan fingerprint density at radius 1 is 1.38 bits per heavy atom. The summed E-state index contributed by atoms with van der Waals surface area (Å²) in [6.07, 6.45) is 0. The quantitative estimate of drug-likeness (QED) is 0.667. The second kappa shape index (κ2) is 2.65. The first-order valence-corrected chi connectivity index (χ1v) is 4.01. The number of aromatic nitrogens is 3. The fraction of sp³-hybridized carbons (Fsp3) is 0.222. The van der Waals surface area contributed by atoms with E-state index in [0.717, 1.165) is 11.2 Å². The molecule has 0 amide bonds. The Kier molecular flexibility index (Phi) is 1.62. The molecule has 0 fully saturated rings. The van der Waals surface area contributed by atoms with Crippen molar-refractivity contribution in [3.63, 3.8) is 0 Å². The highest BCUT2D eigenvalue weighted by Gasteiger charge is 2.06. The van der Waals surface area contributed by atoms with E-state index in [2.05, 4.69) is 15.0 Å². The van der Waals surface area contributed by atoms with Crippen LogP contribution in [0.3, 0.4) is 0 Å². The van der Waals surface area contributed by atoms with Crippen LogP contribution in [0.5, 0.6) is 0 Å². The van der Waals surface area contributed by atoms with Crippen LogP contribution >= 0.6 is 0 Å². The van der Waals surface area contributed by atoms with E-state index in [1.165, 1.54) is 6.92 Å². The van der Waals surface area contributed by atoms with Crippen LogP contribution in [0, 0.1) is 6.92 Å². The van der Waals surface area contributed by atoms with Crippen LogP contribution in [-0.4, -0.2) is 20.7 Å². The Morgan fingerprint density at radius 2 is 2.15 bits per heavy atom. The minimum atomic E-state index is -0.0735. The molecule has 0 unspecified atom stereocenters. The number of aromatic amines is 1. The number of carbonyl (C=O) groups excluding carboxylic acids is 1. The van der Waals surface area contributed by atoms with Crippen LogP contribution in [0.25, 0.3) is 11.2 Å². The lowest BCUT2D eigenvalue weighted by Crippen LogP contribution is -1.93. The zero-order valence-electron chi connectivity index (χ0n) is 7.46. The largest absolute Gasteiger partial charge is 0.334 e. The van der Waals surface area contributed by atoms with Gasteiger partial charge in [0.1, 0.15) is 0 Å². The summed E-state index contributed by atoms with van der Waals surface area (Å²) < 4.78 is 0. The van der Waals surface area contributed by atoms with Gasteiger partial charge in [0.15, 0.2) is 17.3 Å². The van der Waals surface area contributed by atoms with Crippen LogP contribution in [0.4, 0.5) is 0 Å². The maximum Gasteiger partial charge on any atom is 0.195 e. The van der Waals surface area contributed by atoms with Gasteiger partial charge in [0, 0.05) is 12.6 Å². The van der Waals surface area contributed by atoms with Gasteiger partial charge < -0.3 is 4.98 Å². The molecule has 2 aromatic rings. The lowest BCUT2D eigenvalue weighted by Gasteiger charge is -1.88. The van der Waals surface area contributed by atoms with Gasteiger partial charge in [-0.3, -0.25) is 4.79 Å². The molecule has 2 rings (SSSR count). The van der Waals surface area contributed by atoms with Gasteiger partial charge in [0.2, 0.25) is 0 Å². The zero-order valence-corrected chi connectivity index (χ0v) is 7.46. The van der Waals surface area contributed by atoms with Gasteiger partial charge in [-0.2, -0.15) is 0 Å². The van der Waals surface area contributed by atoms with Crippen LogP contribution in [-0.2, 0) is 0 Å². The van der Waals surface area contributed by atoms with Crippen molar-refractivity contribution in [2.24, 2.45) is 0 Å². The third-order valence-corrected chi connectivity index (χ3v) is 1.82. The highest BCUT2D eigenvalue weighted by molar-refractivity contribution is 5.93. The summed E-state index contributed by atoms with van der Waals surface area (Å²) in [6, 6.07) is 3.75. The van der Waals surface area contributed by atoms with Gasteiger partial charge >= 0.3 is 0 Å². The standard InChI is InChI=1S/C9H9N3O/c1-5-3-4-7-9(10-5)12-8(11-7)6(2)13/h3-4H,1-2H3,(H,10,11,12). The Bertz CT molecular complexity index is 473. The Labute approximate surface area is 75.0 Å². The SMILES string of the molecule is CC(=O)c1nc2nc(C)ccc2[nH]1. The average molecular weight is 175 g/mol. The molecule has 0 aliphatic heterocycles. The van der Waals surface area contributed by atoms with E-state index in [1.54, 1.807) is 0 Å². The fourth-order valence-corrected chi connectivity index (χ4v) is 1.15. The minimum absolute atomic E-state index is 0.0735. The predicted octanol–water partition coefficient (Wildman–Crippen LogP) is 1.47. The van der Waals surface area contributed by atoms with E-state index >= 15 is 0 Å². The van der Waals surface area contributed by atoms with Crippen molar-refractivity contribution in [3.05, 3.63) is 23.7 Å². The number of pyridine rings is 1. The maximum atomic E-state index is 11.0. The summed E-state index contributed by atoms with van der Waals surface area (Å²) in [4.78, 5) is 22.1. The van der Waals surface area contributed by atoms with Crippen LogP contribution < -0.4 is 0 Å². The van der Waals surface area contributed by atoms with Gasteiger partial charge in [-0.05, 0) is 19.1 Å². The van der Waals surface area contributed by atoms with E-state index in [-0.39, 0.29) is 5.78 Å². The Balaban J connectivity index is 2.68. The number of Topliss-reactive ketones (excluding diaryl/α,β-unsaturated/α-hetero) is 1. The minimum Gasteiger partial charge on any atom is -0.334 e. The monoisotopic (exact) mass is 175 g/mol. The normalized spacial score (nSPS) is 10.6. The van der Waals surface area contributed by atoms with Crippen molar-refractivity contribution in [2.75, 3.05) is 0 Å². The third-order valence-electron chi connectivity index (χ3n) is 1.82. The van der Waals surface area contributed by atoms with Crippen molar-refractivity contribution in [3.8, 4) is 0 Å². The lowest BCUT2D eigenvalue weighted by molar-refractivity contribution is 0.100. The summed E-state index contributed by atoms with van der Waals surface area (Å²) in [5, 5.41) is 0. The molecule has 0 aromatic carbocycles. The van der Waals surface area contributed by atoms with Crippen molar-refractivity contribution < 1.29 is 4.79 Å². The van der Waals surface area contributed by atoms with E-state index in [1.807, 2.05) is 19.1 Å². The highest BCUT2D eigenvalue weighted by Crippen LogP contribution is 2.09. The molecule has 0 saturated carbocycles. The molecular formula is C9H9N3O. The molecule has 2 heterocycles. The van der Waals surface area contributed by atoms with Gasteiger partial charge in [0.05, 0.1) is 5.52 Å². The molecule has 66 valence electrons. The van der Waals surface area contributed by atoms with Crippen molar-refractivity contribution in [1.82, 2.24) is 15.0 Å². The van der Waals surface area contributed by atoms with Crippen molar-refractivity contribution >= 4 is 16.9 Å². The molecule has 0 aliphatic carbocycles. The molecule has 1 N–H and O–H groups in total. The lowest BCUT2D eigenvalue weighted by atomic mass is 10.3. The molecule has 0 atom stereocenters. The first-order valence-electron chi connectivity index (χ1n) is 4.01. The van der Waals surface area contributed by atoms with Crippen molar-refractivity contribution in [1.29, 1.82) is 0 Å². The molecule has 0 radical (unpaired) electrons. The summed E-state index contributed by atoms with van der Waals surface area (Å²) in [5.74, 6) is 0.295. The summed E-state index contributed by atoms with van der Waals surface area (Å²) in [6.45, 7) is 3.37. The predicted molar refractivity (Wildman–Crippen MR) is 48.6 cm³/mol. The number of H-pyrrole nitrogens is 1. The molecule has 13 heavy (non-hydrogen) atoms. The number of aryl methyl sites for hydroxylation is 1. The molecular weight excluding hydrogens is 166 g/mol. The number of hydrogen-bond donors (Lipinski definition) is 1. The summed E-state index contributed by atoms with van der Waals surface area (Å²) in [5.41, 5.74) is 2.30. The van der Waals surface area contributed by atoms with Crippen LogP contribution in [0.15, 0.2) is 12.1 Å². The first-order chi connectivity index (χ1) is 6.16. The van der Waals surface area contributed by atoms with E-state index in [9.17, 15) is 4.79 Å². The number of imidazole rings is 1. The molecule has 0 bridgehead atoms. The van der Waals surface area contributed by atoms with Crippen LogP contribution in [0.1, 0.15) is 23.2 Å². The highest BCUT2D eigenvalue weighted by atomic mass is 16.1. The molecule has 4 nitrogen and oxygen atoms in total. The fourth-order valence-electron chi connectivity index (χ4n) is 1.15. The molecule has 0 spiro atoms. The van der Waals surface area contributed by atoms with E-state index in [0.29, 0.717) is 11.5 Å². The number of nitrogens with one attached hydrogen (secondary N) is 1. The van der Waals surface area contributed by atoms with E-state index < -0.39 is 0 Å². The van der Waals surface area contributed by atoms with Gasteiger partial charge in [-0.15, -0.1) is 0 Å². The third kappa shape index (κ3) is 1.30. The Morgan fingerprint density at radius 3 is 2.85 bits per heavy atom. The number of rotatable bonds is 1. The maximum absolute atomic E-state index is 11.0. The number of ketones is 1. The van der Waals surface area contributed by atoms with Crippen LogP contribution in [0.2, 0.25) is 0 Å². The molecule has 0 saturated heterocycles. The second-order valence-corrected chi connectivity index (χ2v) is 2.97. The first kappa shape index (κ1) is 7.91. The number of carbonyl (C=O) groups is 1. The zero-order chi connectivity index (χ0) is 9.42. The summed E-state index contributed by atoms with van der Waals surface area (Å²) in [7, 11) is 0. The second-order valence-electron chi connectivity index (χ2n) is 2.97. The number of hydrogen-bond acceptors (Lipinski definition) is 3. The van der Waals surface area contributed by atoms with Crippen molar-refractivity contribution in [2.45, 2.75) is 13.8 Å². The van der Waals surface area contributed by atoms with Gasteiger partial charge in [-0.25, -0.2) is 9.97 Å². The molecule has 2 aromatic heterocycles. The van der Waals surface area contributed by atoms with E-state index in [4.69, 9.17) is 0 Å². The number of fused-ring (bicyclic) bond motifs is 1. The average Bonchev–Trinajstić information content (AvgIpc) is 2.46. The van der Waals surface area contributed by atoms with Gasteiger partial charge in [0.25, 0.3) is 0 Å². The summed E-state index contributed by atoms with van der Waals surface area (Å²) >= 11 is 0. The Hall–Kier alpha value is -1.71. The molecule has 0 aliphatic rings. The smallest absolute Gasteiger partial charge is 0.195 e. The molecule has 4 heteroatoms. The topological polar surface area (TPSA) is 58.6 Å².